The molecule has 0 aliphatic carbocycles. The molecule has 1 saturated heterocycles. The highest BCUT2D eigenvalue weighted by Crippen LogP contribution is 2.28. The van der Waals surface area contributed by atoms with Gasteiger partial charge in [-0.3, -0.25) is 4.98 Å². The van der Waals surface area contributed by atoms with Crippen LogP contribution < -0.4 is 10.2 Å². The molecule has 4 rings (SSSR count). The molecule has 1 aromatic carbocycles. The van der Waals surface area contributed by atoms with E-state index < -0.39 is 10.0 Å². The summed E-state index contributed by atoms with van der Waals surface area (Å²) in [6, 6.07) is 10.7. The first-order valence-electron chi connectivity index (χ1n) is 9.77. The molecule has 3 aromatic rings. The van der Waals surface area contributed by atoms with Crippen LogP contribution in [0.3, 0.4) is 0 Å². The van der Waals surface area contributed by atoms with Crippen molar-refractivity contribution in [2.24, 2.45) is 0 Å². The van der Waals surface area contributed by atoms with E-state index in [1.54, 1.807) is 49.8 Å². The summed E-state index contributed by atoms with van der Waals surface area (Å²) in [5.74, 6) is 0. The molecule has 1 atom stereocenters. The van der Waals surface area contributed by atoms with Gasteiger partial charge in [0, 0.05) is 38.3 Å². The van der Waals surface area contributed by atoms with Gasteiger partial charge in [0.1, 0.15) is 0 Å². The minimum Gasteiger partial charge on any atom is -0.380 e. The molecule has 0 spiro atoms. The van der Waals surface area contributed by atoms with E-state index >= 15 is 0 Å². The Balaban J connectivity index is 1.73. The van der Waals surface area contributed by atoms with E-state index in [-0.39, 0.29) is 11.0 Å². The van der Waals surface area contributed by atoms with Gasteiger partial charge < -0.3 is 15.0 Å². The van der Waals surface area contributed by atoms with Gasteiger partial charge in [-0.05, 0) is 62.3 Å². The Hall–Kier alpha value is -2.42. The summed E-state index contributed by atoms with van der Waals surface area (Å²) in [5.41, 5.74) is 3.14. The molecule has 3 heterocycles. The minimum atomic E-state index is -3.74. The fourth-order valence-electron chi connectivity index (χ4n) is 3.85. The molecule has 2 aromatic heterocycles. The van der Waals surface area contributed by atoms with Crippen molar-refractivity contribution in [3.63, 3.8) is 0 Å². The zero-order valence-corrected chi connectivity index (χ0v) is 17.5. The van der Waals surface area contributed by atoms with Gasteiger partial charge in [-0.2, -0.15) is 0 Å². The van der Waals surface area contributed by atoms with Gasteiger partial charge in [0.25, 0.3) is 10.0 Å². The number of methoxy groups -OCH3 is 1. The first-order valence-corrected chi connectivity index (χ1v) is 11.2. The number of hydrogen-bond donors (Lipinski definition) is 1. The molecule has 0 saturated carbocycles. The van der Waals surface area contributed by atoms with Gasteiger partial charge in [0.15, 0.2) is 0 Å². The Morgan fingerprint density at radius 2 is 2.14 bits per heavy atom. The zero-order chi connectivity index (χ0) is 20.4. The van der Waals surface area contributed by atoms with E-state index in [1.807, 2.05) is 13.1 Å². The number of benzene rings is 1. The number of fused-ring (bicyclic) bond motifs is 1. The zero-order valence-electron chi connectivity index (χ0n) is 16.7. The second-order valence-corrected chi connectivity index (χ2v) is 9.08. The lowest BCUT2D eigenvalue weighted by atomic mass is 10.2. The fraction of sp³-hybridized carbons (Fsp3) is 0.381. The number of rotatable bonds is 7. The SMILES string of the molecule is CNCCc1cn(S(=O)(=O)c2cccc(N3CC[C@H](OC)C3)c2)c2cccnc12. The van der Waals surface area contributed by atoms with Gasteiger partial charge in [-0.25, -0.2) is 12.4 Å². The maximum atomic E-state index is 13.5. The molecule has 0 unspecified atom stereocenters. The van der Waals surface area contributed by atoms with Crippen molar-refractivity contribution in [2.75, 3.05) is 38.7 Å². The molecule has 1 N–H and O–H groups in total. The largest absolute Gasteiger partial charge is 0.380 e. The molecule has 7 nitrogen and oxygen atoms in total. The molecule has 0 amide bonds. The van der Waals surface area contributed by atoms with E-state index in [9.17, 15) is 8.42 Å². The second-order valence-electron chi connectivity index (χ2n) is 7.27. The van der Waals surface area contributed by atoms with E-state index in [1.165, 1.54) is 3.97 Å². The summed E-state index contributed by atoms with van der Waals surface area (Å²) in [6.45, 7) is 2.37. The van der Waals surface area contributed by atoms with Gasteiger partial charge in [-0.15, -0.1) is 0 Å². The van der Waals surface area contributed by atoms with Crippen LogP contribution in [0.15, 0.2) is 53.7 Å². The number of likely N-dealkylation sites (N-methyl/N-ethyl adjacent to an activating group) is 1. The van der Waals surface area contributed by atoms with Gasteiger partial charge in [0.05, 0.1) is 22.0 Å². The second kappa shape index (κ2) is 8.14. The lowest BCUT2D eigenvalue weighted by Gasteiger charge is -2.19. The predicted octanol–water partition coefficient (Wildman–Crippen LogP) is 2.26. The van der Waals surface area contributed by atoms with Crippen molar-refractivity contribution < 1.29 is 13.2 Å². The molecule has 1 aliphatic rings. The van der Waals surface area contributed by atoms with Gasteiger partial charge in [-0.1, -0.05) is 6.07 Å². The number of ether oxygens (including phenoxy) is 1. The van der Waals surface area contributed by atoms with Crippen LogP contribution in [-0.2, 0) is 21.2 Å². The van der Waals surface area contributed by atoms with Crippen LogP contribution in [0.2, 0.25) is 0 Å². The van der Waals surface area contributed by atoms with Crippen molar-refractivity contribution in [1.29, 1.82) is 0 Å². The molecule has 29 heavy (non-hydrogen) atoms. The van der Waals surface area contributed by atoms with Gasteiger partial charge >= 0.3 is 0 Å². The monoisotopic (exact) mass is 414 g/mol. The van der Waals surface area contributed by atoms with Crippen molar-refractivity contribution in [3.8, 4) is 0 Å². The topological polar surface area (TPSA) is 76.5 Å². The van der Waals surface area contributed by atoms with E-state index in [0.717, 1.165) is 42.8 Å². The highest BCUT2D eigenvalue weighted by atomic mass is 32.2. The molecule has 0 bridgehead atoms. The number of aromatic nitrogens is 2. The van der Waals surface area contributed by atoms with Crippen molar-refractivity contribution in [1.82, 2.24) is 14.3 Å². The predicted molar refractivity (Wildman–Crippen MR) is 114 cm³/mol. The number of pyridine rings is 1. The van der Waals surface area contributed by atoms with Gasteiger partial charge in [0.2, 0.25) is 0 Å². The first kappa shape index (κ1) is 19.9. The van der Waals surface area contributed by atoms with Crippen molar-refractivity contribution >= 4 is 26.7 Å². The first-order chi connectivity index (χ1) is 14.0. The smallest absolute Gasteiger partial charge is 0.268 e. The highest BCUT2D eigenvalue weighted by Gasteiger charge is 2.25. The fourth-order valence-corrected chi connectivity index (χ4v) is 5.26. The summed E-state index contributed by atoms with van der Waals surface area (Å²) >= 11 is 0. The third kappa shape index (κ3) is 3.75. The summed E-state index contributed by atoms with van der Waals surface area (Å²) in [4.78, 5) is 6.87. The molecular formula is C21H26N4O3S. The Labute approximate surface area is 171 Å². The van der Waals surface area contributed by atoms with Crippen LogP contribution >= 0.6 is 0 Å². The molecule has 0 radical (unpaired) electrons. The quantitative estimate of drug-likeness (QED) is 0.639. The summed E-state index contributed by atoms with van der Waals surface area (Å²) in [5, 5.41) is 3.11. The average molecular weight is 415 g/mol. The van der Waals surface area contributed by atoms with Crippen molar-refractivity contribution in [2.45, 2.75) is 23.8 Å². The highest BCUT2D eigenvalue weighted by molar-refractivity contribution is 7.90. The van der Waals surface area contributed by atoms with E-state index in [0.29, 0.717) is 11.9 Å². The Morgan fingerprint density at radius 3 is 2.90 bits per heavy atom. The number of nitrogens with zero attached hydrogens (tertiary/aromatic N) is 3. The lowest BCUT2D eigenvalue weighted by molar-refractivity contribution is 0.121. The number of anilines is 1. The standard InChI is InChI=1S/C21H26N4O3S/c1-22-11-8-16-14-25(20-7-4-10-23-21(16)20)29(26,27)19-6-3-5-17(13-19)24-12-9-18(15-24)28-2/h3-7,10,13-14,18,22H,8-9,11-12,15H2,1-2H3/t18-/m0/s1. The van der Waals surface area contributed by atoms with Crippen LogP contribution in [0.25, 0.3) is 11.0 Å². The summed E-state index contributed by atoms with van der Waals surface area (Å²) < 4.78 is 33.8. The van der Waals surface area contributed by atoms with E-state index in [2.05, 4.69) is 15.2 Å². The Morgan fingerprint density at radius 1 is 1.28 bits per heavy atom. The maximum Gasteiger partial charge on any atom is 0.268 e. The van der Waals surface area contributed by atoms with Crippen LogP contribution in [0, 0.1) is 0 Å². The lowest BCUT2D eigenvalue weighted by Crippen LogP contribution is -2.22. The van der Waals surface area contributed by atoms with Crippen LogP contribution in [0.1, 0.15) is 12.0 Å². The molecule has 1 aliphatic heterocycles. The van der Waals surface area contributed by atoms with Crippen LogP contribution in [0.5, 0.6) is 0 Å². The van der Waals surface area contributed by atoms with E-state index in [4.69, 9.17) is 4.74 Å². The van der Waals surface area contributed by atoms with Crippen molar-refractivity contribution in [3.05, 3.63) is 54.4 Å². The third-order valence-corrected chi connectivity index (χ3v) is 7.13. The Kier molecular flexibility index (Phi) is 5.58. The van der Waals surface area contributed by atoms with Crippen LogP contribution in [-0.4, -0.2) is 57.3 Å². The molecule has 1 fully saturated rings. The number of hydrogen-bond acceptors (Lipinski definition) is 6. The summed E-state index contributed by atoms with van der Waals surface area (Å²) in [6.07, 6.45) is 5.23. The minimum absolute atomic E-state index is 0.185. The Bertz CT molecular complexity index is 1110. The molecule has 8 heteroatoms. The molecular weight excluding hydrogens is 388 g/mol. The number of nitrogens with one attached hydrogen (secondary N) is 1. The average Bonchev–Trinajstić information content (AvgIpc) is 3.38. The summed E-state index contributed by atoms with van der Waals surface area (Å²) in [7, 11) is -0.152. The van der Waals surface area contributed by atoms with Crippen LogP contribution in [0.4, 0.5) is 5.69 Å². The third-order valence-electron chi connectivity index (χ3n) is 5.46. The normalized spacial score (nSPS) is 17.3. The maximum absolute atomic E-state index is 13.5. The molecule has 154 valence electrons.